The maximum atomic E-state index is 10.5. The number of hydrogen-bond acceptors (Lipinski definition) is 3. The summed E-state index contributed by atoms with van der Waals surface area (Å²) in [5.74, 6) is 0.617. The molecule has 0 radical (unpaired) electrons. The SMILES string of the molecule is O=C(O)CCc1ccnc(C2CCCC2)n1. The van der Waals surface area contributed by atoms with Crippen molar-refractivity contribution < 1.29 is 9.90 Å². The summed E-state index contributed by atoms with van der Waals surface area (Å²) >= 11 is 0. The normalized spacial score (nSPS) is 16.5. The van der Waals surface area contributed by atoms with Crippen LogP contribution in [0.25, 0.3) is 0 Å². The first kappa shape index (κ1) is 11.0. The number of rotatable bonds is 4. The number of hydrogen-bond donors (Lipinski definition) is 1. The second-order valence-corrected chi connectivity index (χ2v) is 4.28. The molecule has 0 bridgehead atoms. The predicted molar refractivity (Wildman–Crippen MR) is 59.2 cm³/mol. The molecule has 0 spiro atoms. The molecule has 1 fully saturated rings. The van der Waals surface area contributed by atoms with Gasteiger partial charge in [-0.05, 0) is 18.9 Å². The molecule has 0 aliphatic heterocycles. The van der Waals surface area contributed by atoms with Crippen LogP contribution in [0.15, 0.2) is 12.3 Å². The van der Waals surface area contributed by atoms with Crippen LogP contribution in [-0.2, 0) is 11.2 Å². The summed E-state index contributed by atoms with van der Waals surface area (Å²) in [4.78, 5) is 19.2. The summed E-state index contributed by atoms with van der Waals surface area (Å²) in [5.41, 5.74) is 0.847. The predicted octanol–water partition coefficient (Wildman–Crippen LogP) is 2.15. The maximum absolute atomic E-state index is 10.5. The van der Waals surface area contributed by atoms with Gasteiger partial charge in [0.2, 0.25) is 0 Å². The Labute approximate surface area is 94.7 Å². The molecule has 86 valence electrons. The molecule has 1 aliphatic rings. The minimum atomic E-state index is -0.777. The highest BCUT2D eigenvalue weighted by molar-refractivity contribution is 5.66. The zero-order valence-electron chi connectivity index (χ0n) is 9.22. The van der Waals surface area contributed by atoms with Gasteiger partial charge < -0.3 is 5.11 Å². The van der Waals surface area contributed by atoms with Crippen molar-refractivity contribution in [2.45, 2.75) is 44.4 Å². The lowest BCUT2D eigenvalue weighted by atomic mass is 10.1. The summed E-state index contributed by atoms with van der Waals surface area (Å²) in [6.45, 7) is 0. The van der Waals surface area contributed by atoms with Crippen molar-refractivity contribution in [1.29, 1.82) is 0 Å². The molecule has 1 aromatic heterocycles. The van der Waals surface area contributed by atoms with Crippen molar-refractivity contribution in [2.75, 3.05) is 0 Å². The van der Waals surface area contributed by atoms with E-state index in [4.69, 9.17) is 5.11 Å². The van der Waals surface area contributed by atoms with Crippen LogP contribution < -0.4 is 0 Å². The van der Waals surface area contributed by atoms with Crippen molar-refractivity contribution >= 4 is 5.97 Å². The topological polar surface area (TPSA) is 63.1 Å². The van der Waals surface area contributed by atoms with Crippen molar-refractivity contribution in [3.8, 4) is 0 Å². The van der Waals surface area contributed by atoms with Crippen LogP contribution in [0.1, 0.15) is 49.5 Å². The third kappa shape index (κ3) is 2.78. The van der Waals surface area contributed by atoms with Gasteiger partial charge in [-0.3, -0.25) is 4.79 Å². The number of aliphatic carboxylic acids is 1. The highest BCUT2D eigenvalue weighted by atomic mass is 16.4. The molecule has 1 saturated carbocycles. The Morgan fingerprint density at radius 2 is 2.19 bits per heavy atom. The van der Waals surface area contributed by atoms with E-state index in [2.05, 4.69) is 9.97 Å². The first-order chi connectivity index (χ1) is 7.75. The van der Waals surface area contributed by atoms with E-state index in [1.54, 1.807) is 12.3 Å². The lowest BCUT2D eigenvalue weighted by molar-refractivity contribution is -0.136. The molecule has 16 heavy (non-hydrogen) atoms. The summed E-state index contributed by atoms with van der Waals surface area (Å²) in [5, 5.41) is 8.61. The number of aryl methyl sites for hydroxylation is 1. The number of aromatic nitrogens is 2. The summed E-state index contributed by atoms with van der Waals surface area (Å²) < 4.78 is 0. The van der Waals surface area contributed by atoms with E-state index < -0.39 is 5.97 Å². The highest BCUT2D eigenvalue weighted by Gasteiger charge is 2.19. The van der Waals surface area contributed by atoms with Crippen LogP contribution >= 0.6 is 0 Å². The Bertz CT molecular complexity index is 373. The average Bonchev–Trinajstić information content (AvgIpc) is 2.80. The first-order valence-corrected chi connectivity index (χ1v) is 5.79. The van der Waals surface area contributed by atoms with Gasteiger partial charge >= 0.3 is 5.97 Å². The third-order valence-electron chi connectivity index (χ3n) is 3.05. The van der Waals surface area contributed by atoms with Gasteiger partial charge in [-0.25, -0.2) is 9.97 Å². The molecule has 2 rings (SSSR count). The largest absolute Gasteiger partial charge is 0.481 e. The van der Waals surface area contributed by atoms with Crippen LogP contribution in [0.2, 0.25) is 0 Å². The van der Waals surface area contributed by atoms with Crippen LogP contribution in [0.4, 0.5) is 0 Å². The second kappa shape index (κ2) is 5.05. The van der Waals surface area contributed by atoms with Gasteiger partial charge in [0.1, 0.15) is 5.82 Å². The van der Waals surface area contributed by atoms with E-state index in [0.717, 1.165) is 11.5 Å². The Kier molecular flexibility index (Phi) is 3.49. The fraction of sp³-hybridized carbons (Fsp3) is 0.583. The van der Waals surface area contributed by atoms with E-state index in [0.29, 0.717) is 12.3 Å². The van der Waals surface area contributed by atoms with E-state index >= 15 is 0 Å². The van der Waals surface area contributed by atoms with Crippen molar-refractivity contribution in [2.24, 2.45) is 0 Å². The lowest BCUT2D eigenvalue weighted by Gasteiger charge is -2.08. The molecule has 0 unspecified atom stereocenters. The van der Waals surface area contributed by atoms with Gasteiger partial charge in [-0.15, -0.1) is 0 Å². The highest BCUT2D eigenvalue weighted by Crippen LogP contribution is 2.31. The minimum absolute atomic E-state index is 0.140. The van der Waals surface area contributed by atoms with E-state index in [1.165, 1.54) is 25.7 Å². The maximum Gasteiger partial charge on any atom is 0.303 e. The zero-order chi connectivity index (χ0) is 11.4. The molecule has 0 amide bonds. The fourth-order valence-electron chi connectivity index (χ4n) is 2.17. The van der Waals surface area contributed by atoms with E-state index in [9.17, 15) is 4.79 Å². The van der Waals surface area contributed by atoms with Crippen LogP contribution in [0.3, 0.4) is 0 Å². The molecule has 4 nitrogen and oxygen atoms in total. The molecule has 1 heterocycles. The number of nitrogens with zero attached hydrogens (tertiary/aromatic N) is 2. The molecule has 4 heteroatoms. The molecule has 0 atom stereocenters. The van der Waals surface area contributed by atoms with Crippen molar-refractivity contribution in [1.82, 2.24) is 9.97 Å². The standard InChI is InChI=1S/C12H16N2O2/c15-11(16)6-5-10-7-8-13-12(14-10)9-3-1-2-4-9/h7-9H,1-6H2,(H,15,16). The number of carbonyl (C=O) groups is 1. The van der Waals surface area contributed by atoms with E-state index in [1.807, 2.05) is 0 Å². The lowest BCUT2D eigenvalue weighted by Crippen LogP contribution is -2.05. The van der Waals surface area contributed by atoms with Gasteiger partial charge in [-0.1, -0.05) is 12.8 Å². The van der Waals surface area contributed by atoms with Crippen LogP contribution in [-0.4, -0.2) is 21.0 Å². The second-order valence-electron chi connectivity index (χ2n) is 4.28. The van der Waals surface area contributed by atoms with E-state index in [-0.39, 0.29) is 6.42 Å². The molecule has 1 N–H and O–H groups in total. The first-order valence-electron chi connectivity index (χ1n) is 5.79. The molecule has 0 aromatic carbocycles. The quantitative estimate of drug-likeness (QED) is 0.844. The molecular formula is C12H16N2O2. The Balaban J connectivity index is 2.03. The van der Waals surface area contributed by atoms with Gasteiger partial charge in [-0.2, -0.15) is 0 Å². The van der Waals surface area contributed by atoms with Gasteiger partial charge in [0.05, 0.1) is 6.42 Å². The Morgan fingerprint density at radius 1 is 1.44 bits per heavy atom. The summed E-state index contributed by atoms with van der Waals surface area (Å²) in [7, 11) is 0. The smallest absolute Gasteiger partial charge is 0.303 e. The van der Waals surface area contributed by atoms with Crippen LogP contribution in [0.5, 0.6) is 0 Å². The van der Waals surface area contributed by atoms with Crippen molar-refractivity contribution in [3.05, 3.63) is 23.8 Å². The average molecular weight is 220 g/mol. The molecule has 1 aliphatic carbocycles. The zero-order valence-corrected chi connectivity index (χ0v) is 9.22. The van der Waals surface area contributed by atoms with Crippen molar-refractivity contribution in [3.63, 3.8) is 0 Å². The Hall–Kier alpha value is -1.45. The minimum Gasteiger partial charge on any atom is -0.481 e. The molecule has 1 aromatic rings. The van der Waals surface area contributed by atoms with Gasteiger partial charge in [0.25, 0.3) is 0 Å². The molecular weight excluding hydrogens is 204 g/mol. The summed E-state index contributed by atoms with van der Waals surface area (Å²) in [6.07, 6.45) is 7.24. The number of carboxylic acid groups (broad SMARTS) is 1. The fourth-order valence-corrected chi connectivity index (χ4v) is 2.17. The Morgan fingerprint density at radius 3 is 2.88 bits per heavy atom. The monoisotopic (exact) mass is 220 g/mol. The summed E-state index contributed by atoms with van der Waals surface area (Å²) in [6, 6.07) is 1.81. The van der Waals surface area contributed by atoms with Crippen LogP contribution in [0, 0.1) is 0 Å². The third-order valence-corrected chi connectivity index (χ3v) is 3.05. The van der Waals surface area contributed by atoms with Gasteiger partial charge in [0.15, 0.2) is 0 Å². The molecule has 0 saturated heterocycles. The number of carboxylic acids is 1. The van der Waals surface area contributed by atoms with Gasteiger partial charge in [0, 0.05) is 24.2 Å².